The van der Waals surface area contributed by atoms with Crippen molar-refractivity contribution in [3.05, 3.63) is 59.7 Å². The van der Waals surface area contributed by atoms with Crippen molar-refractivity contribution < 1.29 is 9.53 Å². The highest BCUT2D eigenvalue weighted by Gasteiger charge is 2.10. The zero-order chi connectivity index (χ0) is 18.2. The van der Waals surface area contributed by atoms with Crippen LogP contribution in [-0.4, -0.2) is 31.1 Å². The predicted octanol–water partition coefficient (Wildman–Crippen LogP) is 4.00. The molecule has 3 rings (SSSR count). The van der Waals surface area contributed by atoms with Crippen LogP contribution in [0.4, 0.5) is 10.5 Å². The highest BCUT2D eigenvalue weighted by molar-refractivity contribution is 5.89. The molecule has 1 fully saturated rings. The number of anilines is 1. The molecule has 0 spiro atoms. The van der Waals surface area contributed by atoms with Crippen molar-refractivity contribution >= 4 is 11.7 Å². The molecule has 0 aliphatic carbocycles. The molecular formula is C21H27N3O2. The van der Waals surface area contributed by atoms with E-state index in [9.17, 15) is 4.79 Å². The minimum Gasteiger partial charge on any atom is -0.497 e. The number of likely N-dealkylation sites (tertiary alicyclic amines) is 1. The van der Waals surface area contributed by atoms with Gasteiger partial charge in [0.05, 0.1) is 7.11 Å². The maximum Gasteiger partial charge on any atom is 0.319 e. The Hall–Kier alpha value is -2.53. The van der Waals surface area contributed by atoms with E-state index in [1.807, 2.05) is 36.4 Å². The molecule has 5 nitrogen and oxygen atoms in total. The molecule has 138 valence electrons. The Bertz CT molecular complexity index is 692. The van der Waals surface area contributed by atoms with Crippen molar-refractivity contribution in [2.24, 2.45) is 0 Å². The van der Waals surface area contributed by atoms with E-state index in [-0.39, 0.29) is 6.03 Å². The van der Waals surface area contributed by atoms with Gasteiger partial charge in [-0.05, 0) is 61.3 Å². The highest BCUT2D eigenvalue weighted by Crippen LogP contribution is 2.15. The number of benzene rings is 2. The second kappa shape index (κ2) is 9.25. The average Bonchev–Trinajstić information content (AvgIpc) is 2.69. The molecule has 0 bridgehead atoms. The van der Waals surface area contributed by atoms with E-state index >= 15 is 0 Å². The fourth-order valence-corrected chi connectivity index (χ4v) is 3.17. The van der Waals surface area contributed by atoms with Crippen LogP contribution in [0.25, 0.3) is 0 Å². The van der Waals surface area contributed by atoms with Gasteiger partial charge in [0.25, 0.3) is 0 Å². The third kappa shape index (κ3) is 5.49. The number of rotatable bonds is 6. The smallest absolute Gasteiger partial charge is 0.319 e. The first-order chi connectivity index (χ1) is 12.7. The maximum atomic E-state index is 12.1. The Morgan fingerprint density at radius 2 is 1.62 bits per heavy atom. The minimum atomic E-state index is -0.204. The van der Waals surface area contributed by atoms with Crippen molar-refractivity contribution in [3.8, 4) is 5.75 Å². The molecule has 2 N–H and O–H groups in total. The van der Waals surface area contributed by atoms with E-state index in [2.05, 4.69) is 27.7 Å². The van der Waals surface area contributed by atoms with Gasteiger partial charge in [-0.25, -0.2) is 4.79 Å². The Balaban J connectivity index is 1.44. The van der Waals surface area contributed by atoms with Gasteiger partial charge >= 0.3 is 6.03 Å². The zero-order valence-electron chi connectivity index (χ0n) is 15.3. The third-order valence-electron chi connectivity index (χ3n) is 4.68. The lowest BCUT2D eigenvalue weighted by Gasteiger charge is -2.26. The van der Waals surface area contributed by atoms with Crippen molar-refractivity contribution in [2.45, 2.75) is 32.4 Å². The van der Waals surface area contributed by atoms with Gasteiger partial charge in [-0.2, -0.15) is 0 Å². The van der Waals surface area contributed by atoms with E-state index < -0.39 is 0 Å². The Labute approximate surface area is 155 Å². The van der Waals surface area contributed by atoms with Crippen LogP contribution in [-0.2, 0) is 13.1 Å². The summed E-state index contributed by atoms with van der Waals surface area (Å²) in [5, 5.41) is 5.74. The van der Waals surface area contributed by atoms with E-state index in [1.165, 1.54) is 37.9 Å². The van der Waals surface area contributed by atoms with Crippen molar-refractivity contribution in [3.63, 3.8) is 0 Å². The number of hydrogen-bond acceptors (Lipinski definition) is 3. The molecule has 2 aromatic rings. The number of carbonyl (C=O) groups excluding carboxylic acids is 1. The fraction of sp³-hybridized carbons (Fsp3) is 0.381. The highest BCUT2D eigenvalue weighted by atomic mass is 16.5. The SMILES string of the molecule is COc1ccc(CNC(=O)Nc2ccc(CN3CCCCC3)cc2)cc1. The van der Waals surface area contributed by atoms with E-state index in [0.717, 1.165) is 23.5 Å². The summed E-state index contributed by atoms with van der Waals surface area (Å²) in [5.41, 5.74) is 3.12. The van der Waals surface area contributed by atoms with Crippen LogP contribution in [0.15, 0.2) is 48.5 Å². The molecule has 0 atom stereocenters. The van der Waals surface area contributed by atoms with Crippen molar-refractivity contribution in [1.29, 1.82) is 0 Å². The lowest BCUT2D eigenvalue weighted by Crippen LogP contribution is -2.29. The number of amides is 2. The fourth-order valence-electron chi connectivity index (χ4n) is 3.17. The molecule has 1 saturated heterocycles. The van der Waals surface area contributed by atoms with Gasteiger partial charge in [0.2, 0.25) is 0 Å². The summed E-state index contributed by atoms with van der Waals surface area (Å²) in [6.07, 6.45) is 3.95. The second-order valence-electron chi connectivity index (χ2n) is 6.69. The molecule has 2 aromatic carbocycles. The van der Waals surface area contributed by atoms with E-state index in [1.54, 1.807) is 7.11 Å². The summed E-state index contributed by atoms with van der Waals surface area (Å²) in [7, 11) is 1.64. The van der Waals surface area contributed by atoms with E-state index in [0.29, 0.717) is 6.54 Å². The molecule has 1 aliphatic rings. The van der Waals surface area contributed by atoms with Gasteiger partial charge < -0.3 is 15.4 Å². The van der Waals surface area contributed by atoms with Gasteiger partial charge in [-0.15, -0.1) is 0 Å². The molecule has 5 heteroatoms. The van der Waals surface area contributed by atoms with Crippen molar-refractivity contribution in [1.82, 2.24) is 10.2 Å². The van der Waals surface area contributed by atoms with Gasteiger partial charge in [0.1, 0.15) is 5.75 Å². The summed E-state index contributed by atoms with van der Waals surface area (Å²) in [4.78, 5) is 14.5. The molecule has 1 heterocycles. The molecule has 0 unspecified atom stereocenters. The Morgan fingerprint density at radius 1 is 0.962 bits per heavy atom. The molecule has 26 heavy (non-hydrogen) atoms. The van der Waals surface area contributed by atoms with Crippen LogP contribution < -0.4 is 15.4 Å². The second-order valence-corrected chi connectivity index (χ2v) is 6.69. The third-order valence-corrected chi connectivity index (χ3v) is 4.68. The first kappa shape index (κ1) is 18.3. The van der Waals surface area contributed by atoms with Gasteiger partial charge in [-0.3, -0.25) is 4.90 Å². The topological polar surface area (TPSA) is 53.6 Å². The normalized spacial score (nSPS) is 14.7. The zero-order valence-corrected chi connectivity index (χ0v) is 15.3. The first-order valence-electron chi connectivity index (χ1n) is 9.22. The summed E-state index contributed by atoms with van der Waals surface area (Å²) in [5.74, 6) is 0.808. The number of urea groups is 1. The number of nitrogens with one attached hydrogen (secondary N) is 2. The van der Waals surface area contributed by atoms with Crippen LogP contribution >= 0.6 is 0 Å². The van der Waals surface area contributed by atoms with Crippen molar-refractivity contribution in [2.75, 3.05) is 25.5 Å². The predicted molar refractivity (Wildman–Crippen MR) is 104 cm³/mol. The number of methoxy groups -OCH3 is 1. The molecular weight excluding hydrogens is 326 g/mol. The molecule has 0 saturated carbocycles. The number of carbonyl (C=O) groups is 1. The Kier molecular flexibility index (Phi) is 6.50. The number of hydrogen-bond donors (Lipinski definition) is 2. The summed E-state index contributed by atoms with van der Waals surface area (Å²) >= 11 is 0. The van der Waals surface area contributed by atoms with Crippen LogP contribution in [0.3, 0.4) is 0 Å². The standard InChI is InChI=1S/C21H27N3O2/c1-26-20-11-7-17(8-12-20)15-22-21(25)23-19-9-5-18(6-10-19)16-24-13-3-2-4-14-24/h5-12H,2-4,13-16H2,1H3,(H2,22,23,25). The van der Waals surface area contributed by atoms with Gasteiger partial charge in [-0.1, -0.05) is 30.7 Å². The summed E-state index contributed by atoms with van der Waals surface area (Å²) < 4.78 is 5.13. The summed E-state index contributed by atoms with van der Waals surface area (Å²) in [6, 6.07) is 15.6. The van der Waals surface area contributed by atoms with Crippen LogP contribution in [0.2, 0.25) is 0 Å². The van der Waals surface area contributed by atoms with Gasteiger partial charge in [0.15, 0.2) is 0 Å². The molecule has 0 aromatic heterocycles. The monoisotopic (exact) mass is 353 g/mol. The largest absolute Gasteiger partial charge is 0.497 e. The minimum absolute atomic E-state index is 0.204. The number of ether oxygens (including phenoxy) is 1. The molecule has 0 radical (unpaired) electrons. The Morgan fingerprint density at radius 3 is 2.27 bits per heavy atom. The maximum absolute atomic E-state index is 12.1. The molecule has 1 aliphatic heterocycles. The van der Waals surface area contributed by atoms with E-state index in [4.69, 9.17) is 4.74 Å². The van der Waals surface area contributed by atoms with Gasteiger partial charge in [0, 0.05) is 18.8 Å². The quantitative estimate of drug-likeness (QED) is 0.825. The number of nitrogens with zero attached hydrogens (tertiary/aromatic N) is 1. The summed E-state index contributed by atoms with van der Waals surface area (Å²) in [6.45, 7) is 3.84. The van der Waals surface area contributed by atoms with Crippen LogP contribution in [0.5, 0.6) is 5.75 Å². The molecule has 2 amide bonds. The van der Waals surface area contributed by atoms with Crippen LogP contribution in [0, 0.1) is 0 Å². The van der Waals surface area contributed by atoms with Crippen LogP contribution in [0.1, 0.15) is 30.4 Å². The average molecular weight is 353 g/mol. The lowest BCUT2D eigenvalue weighted by molar-refractivity contribution is 0.221. The number of piperidine rings is 1. The lowest BCUT2D eigenvalue weighted by atomic mass is 10.1. The first-order valence-corrected chi connectivity index (χ1v) is 9.22.